The lowest BCUT2D eigenvalue weighted by molar-refractivity contribution is 0.0948. The third kappa shape index (κ3) is 8.36. The molecule has 0 saturated heterocycles. The number of methoxy groups -OCH3 is 4. The van der Waals surface area contributed by atoms with E-state index in [1.807, 2.05) is 35.7 Å². The number of aromatic nitrogens is 1. The lowest BCUT2D eigenvalue weighted by atomic mass is 10.1. The first-order valence-electron chi connectivity index (χ1n) is 12.9. The topological polar surface area (TPSA) is 82.2 Å². The van der Waals surface area contributed by atoms with Crippen LogP contribution in [0, 0.1) is 0 Å². The molecule has 2 aromatic carbocycles. The highest BCUT2D eigenvalue weighted by molar-refractivity contribution is 7.09. The molecule has 0 aliphatic rings. The Kier molecular flexibility index (Phi) is 11.7. The zero-order valence-corrected chi connectivity index (χ0v) is 23.9. The average Bonchev–Trinajstić information content (AvgIpc) is 3.42. The Labute approximate surface area is 229 Å². The van der Waals surface area contributed by atoms with Gasteiger partial charge in [0.15, 0.2) is 11.5 Å². The van der Waals surface area contributed by atoms with E-state index in [4.69, 9.17) is 18.9 Å². The SMILES string of the molecule is CCCCCNC(=O)c1csc(CN(CCc2ccc(OC)c(OC)c2)Cc2ccc(OC)cc2OC)n1. The van der Waals surface area contributed by atoms with Crippen molar-refractivity contribution in [1.82, 2.24) is 15.2 Å². The van der Waals surface area contributed by atoms with E-state index < -0.39 is 0 Å². The van der Waals surface area contributed by atoms with Gasteiger partial charge in [0.05, 0.1) is 35.0 Å². The van der Waals surface area contributed by atoms with Crippen LogP contribution in [0.3, 0.4) is 0 Å². The summed E-state index contributed by atoms with van der Waals surface area (Å²) in [6.45, 7) is 4.85. The number of unbranched alkanes of at least 4 members (excludes halogenated alkanes) is 2. The lowest BCUT2D eigenvalue weighted by Crippen LogP contribution is -2.26. The van der Waals surface area contributed by atoms with Gasteiger partial charge in [-0.2, -0.15) is 0 Å². The van der Waals surface area contributed by atoms with Crippen LogP contribution in [0.25, 0.3) is 0 Å². The van der Waals surface area contributed by atoms with Gasteiger partial charge in [-0.15, -0.1) is 11.3 Å². The van der Waals surface area contributed by atoms with Crippen LogP contribution in [0.1, 0.15) is 52.8 Å². The van der Waals surface area contributed by atoms with Crippen molar-refractivity contribution in [3.8, 4) is 23.0 Å². The maximum absolute atomic E-state index is 12.5. The van der Waals surface area contributed by atoms with Gasteiger partial charge < -0.3 is 24.3 Å². The number of thiazole rings is 1. The molecule has 38 heavy (non-hydrogen) atoms. The fraction of sp³-hybridized carbons (Fsp3) is 0.448. The van der Waals surface area contributed by atoms with Crippen LogP contribution in [0.4, 0.5) is 0 Å². The number of ether oxygens (including phenoxy) is 4. The number of benzene rings is 2. The van der Waals surface area contributed by atoms with E-state index in [2.05, 4.69) is 28.2 Å². The third-order valence-electron chi connectivity index (χ3n) is 6.26. The molecule has 0 aliphatic carbocycles. The van der Waals surface area contributed by atoms with E-state index in [9.17, 15) is 4.79 Å². The Balaban J connectivity index is 1.75. The van der Waals surface area contributed by atoms with Gasteiger partial charge in [0.25, 0.3) is 5.91 Å². The van der Waals surface area contributed by atoms with E-state index >= 15 is 0 Å². The van der Waals surface area contributed by atoms with Crippen molar-refractivity contribution in [1.29, 1.82) is 0 Å². The zero-order valence-electron chi connectivity index (χ0n) is 23.0. The van der Waals surface area contributed by atoms with Crippen molar-refractivity contribution in [3.63, 3.8) is 0 Å². The van der Waals surface area contributed by atoms with E-state index in [0.717, 1.165) is 59.9 Å². The molecular formula is C29H39N3O5S. The molecule has 1 amide bonds. The molecule has 0 spiro atoms. The van der Waals surface area contributed by atoms with Gasteiger partial charge in [-0.05, 0) is 36.6 Å². The van der Waals surface area contributed by atoms with E-state index in [0.29, 0.717) is 36.8 Å². The number of carbonyl (C=O) groups is 1. The molecule has 1 heterocycles. The van der Waals surface area contributed by atoms with Crippen LogP contribution in [0.15, 0.2) is 41.8 Å². The lowest BCUT2D eigenvalue weighted by Gasteiger charge is -2.23. The average molecular weight is 542 g/mol. The molecule has 206 valence electrons. The summed E-state index contributed by atoms with van der Waals surface area (Å²) in [4.78, 5) is 19.5. The largest absolute Gasteiger partial charge is 0.497 e. The zero-order chi connectivity index (χ0) is 27.3. The molecule has 1 aromatic heterocycles. The molecule has 8 nitrogen and oxygen atoms in total. The van der Waals surface area contributed by atoms with Crippen molar-refractivity contribution < 1.29 is 23.7 Å². The fourth-order valence-corrected chi connectivity index (χ4v) is 4.92. The summed E-state index contributed by atoms with van der Waals surface area (Å²) in [6, 6.07) is 11.9. The van der Waals surface area contributed by atoms with Crippen molar-refractivity contribution in [2.45, 2.75) is 45.7 Å². The summed E-state index contributed by atoms with van der Waals surface area (Å²) in [5.74, 6) is 2.82. The fourth-order valence-electron chi connectivity index (χ4n) is 4.11. The normalized spacial score (nSPS) is 10.9. The molecule has 0 unspecified atom stereocenters. The van der Waals surface area contributed by atoms with Crippen LogP contribution >= 0.6 is 11.3 Å². The summed E-state index contributed by atoms with van der Waals surface area (Å²) in [5, 5.41) is 5.70. The van der Waals surface area contributed by atoms with Crippen molar-refractivity contribution in [2.75, 3.05) is 41.5 Å². The Hall–Kier alpha value is -3.30. The highest BCUT2D eigenvalue weighted by Crippen LogP contribution is 2.29. The van der Waals surface area contributed by atoms with Gasteiger partial charge in [-0.1, -0.05) is 31.9 Å². The molecule has 3 rings (SSSR count). The number of hydrogen-bond donors (Lipinski definition) is 1. The predicted octanol–water partition coefficient (Wildman–Crippen LogP) is 5.34. The van der Waals surface area contributed by atoms with Gasteiger partial charge in [-0.3, -0.25) is 9.69 Å². The maximum atomic E-state index is 12.5. The smallest absolute Gasteiger partial charge is 0.270 e. The summed E-state index contributed by atoms with van der Waals surface area (Å²) < 4.78 is 21.9. The number of nitrogens with zero attached hydrogens (tertiary/aromatic N) is 2. The molecule has 9 heteroatoms. The minimum absolute atomic E-state index is 0.114. The first-order valence-corrected chi connectivity index (χ1v) is 13.8. The quantitative estimate of drug-likeness (QED) is 0.245. The number of amides is 1. The van der Waals surface area contributed by atoms with Crippen LogP contribution in [-0.2, 0) is 19.5 Å². The van der Waals surface area contributed by atoms with Gasteiger partial charge in [0, 0.05) is 36.6 Å². The first-order chi connectivity index (χ1) is 18.5. The standard InChI is InChI=1S/C29H39N3O5S/c1-6-7-8-14-30-29(33)24-20-38-28(31-24)19-32(18-22-10-11-23(34-2)17-26(22)36-4)15-13-21-9-12-25(35-3)27(16-21)37-5/h9-12,16-17,20H,6-8,13-15,18-19H2,1-5H3,(H,30,33). The second-order valence-corrected chi connectivity index (χ2v) is 9.86. The van der Waals surface area contributed by atoms with Gasteiger partial charge >= 0.3 is 0 Å². The second-order valence-electron chi connectivity index (χ2n) is 8.92. The molecule has 0 atom stereocenters. The molecular weight excluding hydrogens is 502 g/mol. The van der Waals surface area contributed by atoms with Gasteiger partial charge in [0.2, 0.25) is 0 Å². The number of carbonyl (C=O) groups excluding carboxylic acids is 1. The highest BCUT2D eigenvalue weighted by atomic mass is 32.1. The predicted molar refractivity (Wildman–Crippen MR) is 151 cm³/mol. The summed E-state index contributed by atoms with van der Waals surface area (Å²) >= 11 is 1.51. The van der Waals surface area contributed by atoms with E-state index in [1.54, 1.807) is 28.4 Å². The van der Waals surface area contributed by atoms with E-state index in [-0.39, 0.29) is 5.91 Å². The van der Waals surface area contributed by atoms with Crippen LogP contribution < -0.4 is 24.3 Å². The summed E-state index contributed by atoms with van der Waals surface area (Å²) in [7, 11) is 6.58. The Morgan fingerprint density at radius 1 is 0.921 bits per heavy atom. The van der Waals surface area contributed by atoms with Crippen molar-refractivity contribution >= 4 is 17.2 Å². The molecule has 0 radical (unpaired) electrons. The van der Waals surface area contributed by atoms with Crippen LogP contribution in [-0.4, -0.2) is 57.3 Å². The second kappa shape index (κ2) is 15.2. The monoisotopic (exact) mass is 541 g/mol. The third-order valence-corrected chi connectivity index (χ3v) is 7.10. The minimum atomic E-state index is -0.114. The van der Waals surface area contributed by atoms with Gasteiger partial charge in [-0.25, -0.2) is 4.98 Å². The van der Waals surface area contributed by atoms with Gasteiger partial charge in [0.1, 0.15) is 22.2 Å². The number of rotatable bonds is 16. The molecule has 0 bridgehead atoms. The molecule has 0 fully saturated rings. The Morgan fingerprint density at radius 3 is 2.42 bits per heavy atom. The van der Waals surface area contributed by atoms with Crippen molar-refractivity contribution in [2.24, 2.45) is 0 Å². The minimum Gasteiger partial charge on any atom is -0.497 e. The number of hydrogen-bond acceptors (Lipinski definition) is 8. The number of nitrogens with one attached hydrogen (secondary N) is 1. The highest BCUT2D eigenvalue weighted by Gasteiger charge is 2.16. The molecule has 0 aliphatic heterocycles. The first kappa shape index (κ1) is 29.3. The molecule has 0 saturated carbocycles. The Morgan fingerprint density at radius 2 is 1.71 bits per heavy atom. The molecule has 1 N–H and O–H groups in total. The van der Waals surface area contributed by atoms with Crippen LogP contribution in [0.2, 0.25) is 0 Å². The van der Waals surface area contributed by atoms with E-state index in [1.165, 1.54) is 11.3 Å². The van der Waals surface area contributed by atoms with Crippen LogP contribution in [0.5, 0.6) is 23.0 Å². The molecule has 3 aromatic rings. The maximum Gasteiger partial charge on any atom is 0.270 e. The van der Waals surface area contributed by atoms with Crippen molar-refractivity contribution in [3.05, 3.63) is 63.6 Å². The Bertz CT molecular complexity index is 1170. The summed E-state index contributed by atoms with van der Waals surface area (Å²) in [6.07, 6.45) is 4.00. The summed E-state index contributed by atoms with van der Waals surface area (Å²) in [5.41, 5.74) is 2.66.